The lowest BCUT2D eigenvalue weighted by atomic mass is 9.67. The maximum absolute atomic E-state index is 6.34. The largest absolute Gasteiger partial charge is 0.632 e. The van der Waals surface area contributed by atoms with Crippen LogP contribution in [-0.2, 0) is 44.3 Å². The van der Waals surface area contributed by atoms with Crippen molar-refractivity contribution in [1.82, 2.24) is 0 Å². The van der Waals surface area contributed by atoms with Crippen LogP contribution in [0.1, 0.15) is 49.9 Å². The zero-order chi connectivity index (χ0) is 20.7. The number of hydrogen-bond acceptors (Lipinski definition) is 4. The lowest BCUT2D eigenvalue weighted by molar-refractivity contribution is 0.00578. The van der Waals surface area contributed by atoms with Crippen LogP contribution >= 0.6 is 0 Å². The Morgan fingerprint density at radius 1 is 0.600 bits per heavy atom. The molecule has 4 nitrogen and oxygen atoms in total. The molecule has 6 heteroatoms. The van der Waals surface area contributed by atoms with E-state index >= 15 is 0 Å². The Kier molecular flexibility index (Phi) is 3.83. The maximum Gasteiger partial charge on any atom is 0.632 e. The summed E-state index contributed by atoms with van der Waals surface area (Å²) in [5.74, 6) is 0. The fourth-order valence-electron chi connectivity index (χ4n) is 5.21. The molecule has 4 aliphatic rings. The third-order valence-corrected chi connectivity index (χ3v) is 7.48. The third-order valence-electron chi connectivity index (χ3n) is 7.48. The first-order valence-corrected chi connectivity index (χ1v) is 11.0. The average Bonchev–Trinajstić information content (AvgIpc) is 3.32. The minimum absolute atomic E-state index is 0.300. The molecule has 0 bridgehead atoms. The van der Waals surface area contributed by atoms with Gasteiger partial charge in [0.2, 0.25) is 0 Å². The highest BCUT2D eigenvalue weighted by Gasteiger charge is 2.52. The van der Waals surface area contributed by atoms with E-state index in [9.17, 15) is 0 Å². The van der Waals surface area contributed by atoms with Crippen LogP contribution < -0.4 is 10.9 Å². The lowest BCUT2D eigenvalue weighted by Crippen LogP contribution is -2.41. The molecule has 0 saturated carbocycles. The fourth-order valence-corrected chi connectivity index (χ4v) is 5.21. The van der Waals surface area contributed by atoms with Crippen LogP contribution in [0.15, 0.2) is 36.8 Å². The minimum Gasteiger partial charge on any atom is -0.525 e. The molecular formula is C24H26B2O4. The molecule has 2 aliphatic heterocycles. The normalized spacial score (nSPS) is 22.0. The van der Waals surface area contributed by atoms with Crippen molar-refractivity contribution >= 4 is 25.2 Å². The molecule has 0 radical (unpaired) electrons. The molecule has 152 valence electrons. The van der Waals surface area contributed by atoms with E-state index in [4.69, 9.17) is 18.6 Å². The molecule has 30 heavy (non-hydrogen) atoms. The first kappa shape index (κ1) is 18.6. The molecule has 2 aromatic rings. The Labute approximate surface area is 178 Å². The second-order valence-corrected chi connectivity index (χ2v) is 9.89. The van der Waals surface area contributed by atoms with Gasteiger partial charge in [0.05, 0.1) is 23.7 Å². The van der Waals surface area contributed by atoms with E-state index in [-0.39, 0.29) is 25.4 Å². The molecule has 6 rings (SSSR count). The van der Waals surface area contributed by atoms with Gasteiger partial charge in [-0.05, 0) is 92.2 Å². The van der Waals surface area contributed by atoms with Gasteiger partial charge in [-0.2, -0.15) is 0 Å². The van der Waals surface area contributed by atoms with Crippen LogP contribution in [0.25, 0.3) is 11.1 Å². The predicted octanol–water partition coefficient (Wildman–Crippen LogP) is 3.06. The molecule has 2 heterocycles. The molecule has 1 saturated heterocycles. The number of aryl methyl sites for hydroxylation is 4. The van der Waals surface area contributed by atoms with Gasteiger partial charge >= 0.3 is 14.2 Å². The Balaban J connectivity index is 1.41. The summed E-state index contributed by atoms with van der Waals surface area (Å²) in [6.45, 7) is 8.46. The summed E-state index contributed by atoms with van der Waals surface area (Å²) in [6, 6.07) is 9.19. The highest BCUT2D eigenvalue weighted by molar-refractivity contribution is 6.62. The summed E-state index contributed by atoms with van der Waals surface area (Å²) in [6.07, 6.45) is 7.40. The fraction of sp³-hybridized carbons (Fsp3) is 0.417. The van der Waals surface area contributed by atoms with E-state index in [0.29, 0.717) is 0 Å². The Morgan fingerprint density at radius 2 is 0.967 bits per heavy atom. The standard InChI is InChI=1S/C24H26B2O4/c1-23(2)24(3,4)30-26(29-23)20-13-17-7-5-15-11-19(25-27-9-10-28-25)12-16-6-8-18(14-20)22(17)21(15)16/h9-14H,5-8H2,1-4H3. The van der Waals surface area contributed by atoms with Crippen molar-refractivity contribution in [3.63, 3.8) is 0 Å². The maximum atomic E-state index is 6.34. The molecule has 1 fully saturated rings. The van der Waals surface area contributed by atoms with Crippen LogP contribution in [0.4, 0.5) is 0 Å². The number of hydrogen-bond donors (Lipinski definition) is 0. The quantitative estimate of drug-likeness (QED) is 0.727. The molecule has 0 unspecified atom stereocenters. The topological polar surface area (TPSA) is 36.9 Å². The van der Waals surface area contributed by atoms with E-state index in [1.165, 1.54) is 33.4 Å². The SMILES string of the molecule is CC1(C)OB(c2cc3c4c(c2)CCc2cc(B5OC=CO5)cc(c2-4)CC3)OC1(C)C. The van der Waals surface area contributed by atoms with E-state index < -0.39 is 0 Å². The monoisotopic (exact) mass is 400 g/mol. The molecular weight excluding hydrogens is 374 g/mol. The van der Waals surface area contributed by atoms with Crippen LogP contribution in [-0.4, -0.2) is 25.4 Å². The summed E-state index contributed by atoms with van der Waals surface area (Å²) >= 11 is 0. The van der Waals surface area contributed by atoms with Crippen molar-refractivity contribution in [2.75, 3.05) is 0 Å². The zero-order valence-electron chi connectivity index (χ0n) is 18.1. The van der Waals surface area contributed by atoms with Crippen LogP contribution in [0, 0.1) is 0 Å². The Morgan fingerprint density at radius 3 is 1.37 bits per heavy atom. The number of rotatable bonds is 2. The third kappa shape index (κ3) is 2.63. The lowest BCUT2D eigenvalue weighted by Gasteiger charge is -2.32. The second kappa shape index (κ2) is 6.18. The summed E-state index contributed by atoms with van der Waals surface area (Å²) < 4.78 is 23.9. The first-order valence-electron chi connectivity index (χ1n) is 11.0. The molecule has 0 spiro atoms. The van der Waals surface area contributed by atoms with Gasteiger partial charge in [-0.25, -0.2) is 0 Å². The van der Waals surface area contributed by atoms with Gasteiger partial charge in [0, 0.05) is 5.46 Å². The van der Waals surface area contributed by atoms with Gasteiger partial charge in [0.25, 0.3) is 0 Å². The van der Waals surface area contributed by atoms with Gasteiger partial charge in [-0.15, -0.1) is 0 Å². The second-order valence-electron chi connectivity index (χ2n) is 9.89. The van der Waals surface area contributed by atoms with Gasteiger partial charge < -0.3 is 18.6 Å². The van der Waals surface area contributed by atoms with Crippen LogP contribution in [0.3, 0.4) is 0 Å². The van der Waals surface area contributed by atoms with Crippen molar-refractivity contribution in [2.45, 2.75) is 64.6 Å². The van der Waals surface area contributed by atoms with E-state index in [2.05, 4.69) is 52.0 Å². The van der Waals surface area contributed by atoms with Crippen molar-refractivity contribution in [2.24, 2.45) is 0 Å². The van der Waals surface area contributed by atoms with Crippen molar-refractivity contribution in [3.8, 4) is 11.1 Å². The first-order chi connectivity index (χ1) is 14.3. The average molecular weight is 400 g/mol. The van der Waals surface area contributed by atoms with Crippen molar-refractivity contribution in [1.29, 1.82) is 0 Å². The molecule has 2 aromatic carbocycles. The molecule has 2 aliphatic carbocycles. The molecule has 0 aromatic heterocycles. The van der Waals surface area contributed by atoms with Crippen LogP contribution in [0.2, 0.25) is 0 Å². The predicted molar refractivity (Wildman–Crippen MR) is 119 cm³/mol. The summed E-state index contributed by atoms with van der Waals surface area (Å²) in [5.41, 5.74) is 10.2. The molecule has 0 N–H and O–H groups in total. The zero-order valence-corrected chi connectivity index (χ0v) is 18.1. The van der Waals surface area contributed by atoms with E-state index in [1.54, 1.807) is 12.5 Å². The van der Waals surface area contributed by atoms with Crippen molar-refractivity contribution in [3.05, 3.63) is 59.0 Å². The van der Waals surface area contributed by atoms with Gasteiger partial charge in [0.1, 0.15) is 0 Å². The van der Waals surface area contributed by atoms with E-state index in [0.717, 1.165) is 36.6 Å². The van der Waals surface area contributed by atoms with Crippen LogP contribution in [0.5, 0.6) is 0 Å². The summed E-state index contributed by atoms with van der Waals surface area (Å²) in [4.78, 5) is 0. The molecule has 0 amide bonds. The Hall–Kier alpha value is -2.17. The van der Waals surface area contributed by atoms with E-state index in [1.807, 2.05) is 0 Å². The highest BCUT2D eigenvalue weighted by atomic mass is 16.7. The number of benzene rings is 2. The van der Waals surface area contributed by atoms with Crippen molar-refractivity contribution < 1.29 is 18.6 Å². The van der Waals surface area contributed by atoms with Gasteiger partial charge in [0.15, 0.2) is 0 Å². The summed E-state index contributed by atoms with van der Waals surface area (Å²) in [7, 11) is -0.606. The van der Waals surface area contributed by atoms with Gasteiger partial charge in [-0.3, -0.25) is 0 Å². The Bertz CT molecular complexity index is 1010. The molecule has 0 atom stereocenters. The minimum atomic E-state index is -0.319. The smallest absolute Gasteiger partial charge is 0.525 e. The van der Waals surface area contributed by atoms with Gasteiger partial charge in [-0.1, -0.05) is 24.3 Å². The summed E-state index contributed by atoms with van der Waals surface area (Å²) in [5, 5.41) is 0. The highest BCUT2D eigenvalue weighted by Crippen LogP contribution is 2.43.